The van der Waals surface area contributed by atoms with Crippen molar-refractivity contribution >= 4 is 23.4 Å². The molecule has 0 aliphatic carbocycles. The third-order valence-electron chi connectivity index (χ3n) is 3.54. The molecule has 0 bridgehead atoms. The number of thioether (sulfide) groups is 1. The molecule has 5 heteroatoms. The molecule has 0 spiro atoms. The van der Waals surface area contributed by atoms with Gasteiger partial charge >= 0.3 is 0 Å². The topological polar surface area (TPSA) is 49.8 Å². The number of rotatable bonds is 9. The van der Waals surface area contributed by atoms with E-state index in [1.807, 2.05) is 17.8 Å². The third-order valence-corrected chi connectivity index (χ3v) is 5.12. The standard InChI is InChI=1S/C14H26N4S/c1-5-8-15-12-9-13(18-11-17-12)16-10-14(6-2,7-3)19-4/h9,11H,5-8,10H2,1-4H3,(H2,15,16,17,18). The number of nitrogens with zero attached hydrogens (tertiary/aromatic N) is 2. The van der Waals surface area contributed by atoms with Gasteiger partial charge in [0.1, 0.15) is 18.0 Å². The minimum absolute atomic E-state index is 0.294. The van der Waals surface area contributed by atoms with E-state index < -0.39 is 0 Å². The molecule has 0 unspecified atom stereocenters. The highest BCUT2D eigenvalue weighted by Crippen LogP contribution is 2.30. The maximum Gasteiger partial charge on any atom is 0.131 e. The van der Waals surface area contributed by atoms with E-state index in [2.05, 4.69) is 47.6 Å². The van der Waals surface area contributed by atoms with Gasteiger partial charge in [-0.3, -0.25) is 0 Å². The Labute approximate surface area is 121 Å². The molecule has 19 heavy (non-hydrogen) atoms. The molecule has 108 valence electrons. The lowest BCUT2D eigenvalue weighted by Gasteiger charge is -2.30. The zero-order chi connectivity index (χ0) is 14.1. The van der Waals surface area contributed by atoms with Gasteiger partial charge < -0.3 is 10.6 Å². The lowest BCUT2D eigenvalue weighted by molar-refractivity contribution is 0.574. The van der Waals surface area contributed by atoms with Gasteiger partial charge in [-0.2, -0.15) is 11.8 Å². The van der Waals surface area contributed by atoms with E-state index in [1.165, 1.54) is 0 Å². The Balaban J connectivity index is 2.61. The van der Waals surface area contributed by atoms with Gasteiger partial charge in [0.15, 0.2) is 0 Å². The number of anilines is 2. The zero-order valence-corrected chi connectivity index (χ0v) is 13.3. The molecular weight excluding hydrogens is 256 g/mol. The van der Waals surface area contributed by atoms with Gasteiger partial charge in [0.05, 0.1) is 0 Å². The first kappa shape index (κ1) is 16.1. The van der Waals surface area contributed by atoms with Crippen molar-refractivity contribution < 1.29 is 0 Å². The second-order valence-corrected chi connectivity index (χ2v) is 5.94. The minimum Gasteiger partial charge on any atom is -0.370 e. The molecule has 1 aromatic rings. The van der Waals surface area contributed by atoms with Crippen molar-refractivity contribution in [2.45, 2.75) is 44.8 Å². The van der Waals surface area contributed by atoms with Crippen molar-refractivity contribution in [1.82, 2.24) is 9.97 Å². The SMILES string of the molecule is CCCNc1cc(NCC(CC)(CC)SC)ncn1. The van der Waals surface area contributed by atoms with Crippen molar-refractivity contribution in [2.75, 3.05) is 30.0 Å². The summed E-state index contributed by atoms with van der Waals surface area (Å²) < 4.78 is 0.294. The summed E-state index contributed by atoms with van der Waals surface area (Å²) >= 11 is 1.93. The maximum atomic E-state index is 4.28. The van der Waals surface area contributed by atoms with Crippen LogP contribution in [0.1, 0.15) is 40.0 Å². The van der Waals surface area contributed by atoms with Crippen molar-refractivity contribution in [1.29, 1.82) is 0 Å². The van der Waals surface area contributed by atoms with E-state index in [4.69, 9.17) is 0 Å². The molecule has 0 amide bonds. The van der Waals surface area contributed by atoms with Gasteiger partial charge in [0.2, 0.25) is 0 Å². The Kier molecular flexibility index (Phi) is 6.99. The molecular formula is C14H26N4S. The fourth-order valence-corrected chi connectivity index (χ4v) is 2.71. The van der Waals surface area contributed by atoms with E-state index in [0.29, 0.717) is 4.75 Å². The highest BCUT2D eigenvalue weighted by atomic mass is 32.2. The normalized spacial score (nSPS) is 11.4. The van der Waals surface area contributed by atoms with E-state index in [1.54, 1.807) is 6.33 Å². The lowest BCUT2D eigenvalue weighted by atomic mass is 10.0. The Morgan fingerprint density at radius 3 is 2.26 bits per heavy atom. The van der Waals surface area contributed by atoms with Crippen molar-refractivity contribution in [3.63, 3.8) is 0 Å². The summed E-state index contributed by atoms with van der Waals surface area (Å²) in [4.78, 5) is 8.50. The summed E-state index contributed by atoms with van der Waals surface area (Å²) in [6, 6.07) is 1.98. The number of nitrogens with one attached hydrogen (secondary N) is 2. The summed E-state index contributed by atoms with van der Waals surface area (Å²) in [5, 5.41) is 6.72. The summed E-state index contributed by atoms with van der Waals surface area (Å²) in [6.45, 7) is 8.51. The average Bonchev–Trinajstić information content (AvgIpc) is 2.47. The first-order valence-corrected chi connectivity index (χ1v) is 8.27. The van der Waals surface area contributed by atoms with E-state index in [-0.39, 0.29) is 0 Å². The van der Waals surface area contributed by atoms with Gasteiger partial charge in [0.25, 0.3) is 0 Å². The van der Waals surface area contributed by atoms with Gasteiger partial charge in [-0.1, -0.05) is 20.8 Å². The van der Waals surface area contributed by atoms with Crippen LogP contribution in [0, 0.1) is 0 Å². The summed E-state index contributed by atoms with van der Waals surface area (Å²) in [5.74, 6) is 1.79. The lowest BCUT2D eigenvalue weighted by Crippen LogP contribution is -2.32. The van der Waals surface area contributed by atoms with E-state index in [0.717, 1.165) is 44.0 Å². The third kappa shape index (κ3) is 4.90. The summed E-state index contributed by atoms with van der Waals surface area (Å²) in [6.07, 6.45) is 7.20. The molecule has 2 N–H and O–H groups in total. The molecule has 0 fully saturated rings. The fourth-order valence-electron chi connectivity index (χ4n) is 1.92. The highest BCUT2D eigenvalue weighted by Gasteiger charge is 2.24. The van der Waals surface area contributed by atoms with Gasteiger partial charge in [-0.05, 0) is 25.5 Å². The van der Waals surface area contributed by atoms with Gasteiger partial charge in [0, 0.05) is 23.9 Å². The largest absolute Gasteiger partial charge is 0.370 e. The molecule has 1 aromatic heterocycles. The van der Waals surface area contributed by atoms with Gasteiger partial charge in [-0.25, -0.2) is 9.97 Å². The van der Waals surface area contributed by atoms with Crippen LogP contribution in [0.25, 0.3) is 0 Å². The molecule has 0 aliphatic rings. The molecule has 0 saturated heterocycles. The van der Waals surface area contributed by atoms with Crippen LogP contribution in [0.15, 0.2) is 12.4 Å². The molecule has 1 heterocycles. The Morgan fingerprint density at radius 1 is 1.11 bits per heavy atom. The minimum atomic E-state index is 0.294. The predicted octanol–water partition coefficient (Wildman–Crippen LogP) is 3.63. The molecule has 0 saturated carbocycles. The summed E-state index contributed by atoms with van der Waals surface area (Å²) in [7, 11) is 0. The van der Waals surface area contributed by atoms with Crippen LogP contribution in [0.3, 0.4) is 0 Å². The molecule has 0 aliphatic heterocycles. The first-order valence-electron chi connectivity index (χ1n) is 7.04. The molecule has 1 rings (SSSR count). The molecule has 0 aromatic carbocycles. The van der Waals surface area contributed by atoms with Crippen LogP contribution in [0.5, 0.6) is 0 Å². The fraction of sp³-hybridized carbons (Fsp3) is 0.714. The Morgan fingerprint density at radius 2 is 1.74 bits per heavy atom. The van der Waals surface area contributed by atoms with E-state index >= 15 is 0 Å². The van der Waals surface area contributed by atoms with Crippen LogP contribution < -0.4 is 10.6 Å². The van der Waals surface area contributed by atoms with Gasteiger partial charge in [-0.15, -0.1) is 0 Å². The number of aromatic nitrogens is 2. The second-order valence-electron chi connectivity index (χ2n) is 4.66. The Hall–Kier alpha value is -0.970. The summed E-state index contributed by atoms with van der Waals surface area (Å²) in [5.41, 5.74) is 0. The van der Waals surface area contributed by atoms with Crippen molar-refractivity contribution in [3.05, 3.63) is 12.4 Å². The highest BCUT2D eigenvalue weighted by molar-refractivity contribution is 8.00. The predicted molar refractivity (Wildman–Crippen MR) is 86.1 cm³/mol. The Bertz CT molecular complexity index is 358. The van der Waals surface area contributed by atoms with Crippen LogP contribution in [0.4, 0.5) is 11.6 Å². The molecule has 0 radical (unpaired) electrons. The van der Waals surface area contributed by atoms with Crippen molar-refractivity contribution in [2.24, 2.45) is 0 Å². The average molecular weight is 282 g/mol. The maximum absolute atomic E-state index is 4.28. The molecule has 4 nitrogen and oxygen atoms in total. The van der Waals surface area contributed by atoms with Crippen LogP contribution >= 0.6 is 11.8 Å². The monoisotopic (exact) mass is 282 g/mol. The molecule has 0 atom stereocenters. The number of hydrogen-bond donors (Lipinski definition) is 2. The number of hydrogen-bond acceptors (Lipinski definition) is 5. The van der Waals surface area contributed by atoms with E-state index in [9.17, 15) is 0 Å². The zero-order valence-electron chi connectivity index (χ0n) is 12.5. The van der Waals surface area contributed by atoms with Crippen LogP contribution in [-0.4, -0.2) is 34.1 Å². The smallest absolute Gasteiger partial charge is 0.131 e. The van der Waals surface area contributed by atoms with Crippen LogP contribution in [-0.2, 0) is 0 Å². The van der Waals surface area contributed by atoms with Crippen LogP contribution in [0.2, 0.25) is 0 Å². The first-order chi connectivity index (χ1) is 9.19. The van der Waals surface area contributed by atoms with Crippen molar-refractivity contribution in [3.8, 4) is 0 Å². The second kappa shape index (κ2) is 8.25. The quantitative estimate of drug-likeness (QED) is 0.724.